The highest BCUT2D eigenvalue weighted by atomic mass is 35.5. The van der Waals surface area contributed by atoms with Crippen molar-refractivity contribution < 1.29 is 13.2 Å². The maximum Gasteiger partial charge on any atom is 0.191 e. The van der Waals surface area contributed by atoms with Crippen LogP contribution in [-0.2, 0) is 16.4 Å². The van der Waals surface area contributed by atoms with E-state index in [9.17, 15) is 8.42 Å². The van der Waals surface area contributed by atoms with Crippen molar-refractivity contribution >= 4 is 27.4 Å². The molecule has 0 atom stereocenters. The molecule has 158 valence electrons. The number of nitrogens with one attached hydrogen (secondary N) is 2. The molecule has 0 amide bonds. The number of aliphatic imine (C=N–C) groups is 1. The Morgan fingerprint density at radius 3 is 2.48 bits per heavy atom. The fraction of sp³-hybridized carbons (Fsp3) is 0.381. The number of hydrogen-bond donors (Lipinski definition) is 2. The number of rotatable bonds is 8. The van der Waals surface area contributed by atoms with Crippen molar-refractivity contribution in [2.45, 2.75) is 31.7 Å². The van der Waals surface area contributed by atoms with E-state index in [4.69, 9.17) is 16.3 Å². The molecule has 0 saturated heterocycles. The SMILES string of the molecule is CN=C(NCCCOc1ccc(Cl)cc1C)NCc1ccc(S(C)(=O)=O)c(C)c1. The molecule has 2 rings (SSSR count). The number of halogens is 1. The molecule has 0 aliphatic heterocycles. The Hall–Kier alpha value is -2.25. The minimum Gasteiger partial charge on any atom is -0.493 e. The van der Waals surface area contributed by atoms with Gasteiger partial charge < -0.3 is 15.4 Å². The van der Waals surface area contributed by atoms with Gasteiger partial charge in [0, 0.05) is 31.4 Å². The Balaban J connectivity index is 1.76. The average molecular weight is 438 g/mol. The molecule has 29 heavy (non-hydrogen) atoms. The summed E-state index contributed by atoms with van der Waals surface area (Å²) in [4.78, 5) is 4.57. The summed E-state index contributed by atoms with van der Waals surface area (Å²) in [6, 6.07) is 10.9. The first-order chi connectivity index (χ1) is 13.7. The van der Waals surface area contributed by atoms with Gasteiger partial charge in [0.1, 0.15) is 5.75 Å². The summed E-state index contributed by atoms with van der Waals surface area (Å²) in [6.07, 6.45) is 2.03. The smallest absolute Gasteiger partial charge is 0.191 e. The van der Waals surface area contributed by atoms with E-state index < -0.39 is 9.84 Å². The largest absolute Gasteiger partial charge is 0.493 e. The van der Waals surface area contributed by atoms with E-state index in [0.29, 0.717) is 35.6 Å². The minimum atomic E-state index is -3.20. The quantitative estimate of drug-likeness (QED) is 0.375. The van der Waals surface area contributed by atoms with Crippen LogP contribution in [0.5, 0.6) is 5.75 Å². The van der Waals surface area contributed by atoms with Crippen LogP contribution in [0.4, 0.5) is 0 Å². The highest BCUT2D eigenvalue weighted by molar-refractivity contribution is 7.90. The number of aryl methyl sites for hydroxylation is 2. The van der Waals surface area contributed by atoms with Crippen LogP contribution < -0.4 is 15.4 Å². The van der Waals surface area contributed by atoms with Crippen molar-refractivity contribution in [3.05, 3.63) is 58.1 Å². The summed E-state index contributed by atoms with van der Waals surface area (Å²) in [7, 11) is -1.49. The number of hydrogen-bond acceptors (Lipinski definition) is 4. The normalized spacial score (nSPS) is 12.0. The van der Waals surface area contributed by atoms with Crippen LogP contribution in [0.15, 0.2) is 46.3 Å². The van der Waals surface area contributed by atoms with Crippen molar-refractivity contribution in [2.75, 3.05) is 26.5 Å². The van der Waals surface area contributed by atoms with Gasteiger partial charge in [-0.25, -0.2) is 8.42 Å². The van der Waals surface area contributed by atoms with Crippen LogP contribution in [-0.4, -0.2) is 40.8 Å². The molecular formula is C21H28ClN3O3S. The number of sulfone groups is 1. The summed E-state index contributed by atoms with van der Waals surface area (Å²) >= 11 is 5.95. The average Bonchev–Trinajstić information content (AvgIpc) is 2.64. The van der Waals surface area contributed by atoms with E-state index in [1.165, 1.54) is 6.26 Å². The molecule has 0 spiro atoms. The third kappa shape index (κ3) is 7.25. The minimum absolute atomic E-state index is 0.361. The Labute approximate surface area is 178 Å². The topological polar surface area (TPSA) is 79.8 Å². The predicted molar refractivity (Wildman–Crippen MR) is 119 cm³/mol. The second-order valence-electron chi connectivity index (χ2n) is 6.84. The number of benzene rings is 2. The second kappa shape index (κ2) is 10.5. The van der Waals surface area contributed by atoms with Gasteiger partial charge in [0.05, 0.1) is 11.5 Å². The predicted octanol–water partition coefficient (Wildman–Crippen LogP) is 3.49. The highest BCUT2D eigenvalue weighted by Crippen LogP contribution is 2.21. The van der Waals surface area contributed by atoms with Gasteiger partial charge in [-0.3, -0.25) is 4.99 Å². The summed E-state index contributed by atoms with van der Waals surface area (Å²) in [5.74, 6) is 1.52. The van der Waals surface area contributed by atoms with Crippen molar-refractivity contribution in [3.8, 4) is 5.75 Å². The van der Waals surface area contributed by atoms with Gasteiger partial charge in [0.2, 0.25) is 0 Å². The van der Waals surface area contributed by atoms with Gasteiger partial charge in [-0.15, -0.1) is 0 Å². The van der Waals surface area contributed by atoms with Crippen molar-refractivity contribution in [1.29, 1.82) is 0 Å². The number of ether oxygens (including phenoxy) is 1. The fourth-order valence-corrected chi connectivity index (χ4v) is 4.07. The summed E-state index contributed by atoms with van der Waals surface area (Å²) in [6.45, 7) is 5.60. The Kier molecular flexibility index (Phi) is 8.34. The molecule has 2 aromatic rings. The summed E-state index contributed by atoms with van der Waals surface area (Å²) < 4.78 is 29.2. The lowest BCUT2D eigenvalue weighted by Crippen LogP contribution is -2.37. The zero-order chi connectivity index (χ0) is 21.4. The molecule has 0 unspecified atom stereocenters. The fourth-order valence-electron chi connectivity index (χ4n) is 2.88. The molecule has 0 fully saturated rings. The molecule has 6 nitrogen and oxygen atoms in total. The zero-order valence-corrected chi connectivity index (χ0v) is 18.8. The van der Waals surface area contributed by atoms with Gasteiger partial charge >= 0.3 is 0 Å². The van der Waals surface area contributed by atoms with Crippen LogP contribution in [0, 0.1) is 13.8 Å². The van der Waals surface area contributed by atoms with E-state index in [0.717, 1.165) is 28.9 Å². The first-order valence-electron chi connectivity index (χ1n) is 9.34. The van der Waals surface area contributed by atoms with Gasteiger partial charge in [-0.05, 0) is 61.2 Å². The Morgan fingerprint density at radius 1 is 1.10 bits per heavy atom. The van der Waals surface area contributed by atoms with Crippen molar-refractivity contribution in [3.63, 3.8) is 0 Å². The maximum atomic E-state index is 11.7. The molecule has 8 heteroatoms. The number of nitrogens with zero attached hydrogens (tertiary/aromatic N) is 1. The van der Waals surface area contributed by atoms with Crippen LogP contribution in [0.2, 0.25) is 5.02 Å². The standard InChI is InChI=1S/C21H28ClN3O3S/c1-15-13-18(22)7-8-19(15)28-11-5-10-24-21(23-3)25-14-17-6-9-20(16(2)12-17)29(4,26)27/h6-9,12-13H,5,10-11,14H2,1-4H3,(H2,23,24,25). The van der Waals surface area contributed by atoms with Crippen molar-refractivity contribution in [2.24, 2.45) is 4.99 Å². The first-order valence-corrected chi connectivity index (χ1v) is 11.6. The molecule has 0 aliphatic carbocycles. The van der Waals surface area contributed by atoms with Crippen molar-refractivity contribution in [1.82, 2.24) is 10.6 Å². The lowest BCUT2D eigenvalue weighted by molar-refractivity contribution is 0.309. The Morgan fingerprint density at radius 2 is 1.86 bits per heavy atom. The first kappa shape index (κ1) is 23.0. The van der Waals surface area contributed by atoms with Crippen LogP contribution in [0.1, 0.15) is 23.1 Å². The van der Waals surface area contributed by atoms with E-state index in [-0.39, 0.29) is 0 Å². The van der Waals surface area contributed by atoms with Gasteiger partial charge in [0.15, 0.2) is 15.8 Å². The zero-order valence-electron chi connectivity index (χ0n) is 17.3. The second-order valence-corrected chi connectivity index (χ2v) is 9.26. The highest BCUT2D eigenvalue weighted by Gasteiger charge is 2.11. The summed E-state index contributed by atoms with van der Waals surface area (Å²) in [5.41, 5.74) is 2.74. The Bertz CT molecular complexity index is 975. The monoisotopic (exact) mass is 437 g/mol. The van der Waals surface area contributed by atoms with Gasteiger partial charge in [-0.1, -0.05) is 23.7 Å². The van der Waals surface area contributed by atoms with E-state index in [2.05, 4.69) is 15.6 Å². The number of guanidine groups is 1. The van der Waals surface area contributed by atoms with Gasteiger partial charge in [0.25, 0.3) is 0 Å². The molecule has 0 saturated carbocycles. The maximum absolute atomic E-state index is 11.7. The lowest BCUT2D eigenvalue weighted by atomic mass is 10.1. The lowest BCUT2D eigenvalue weighted by Gasteiger charge is -2.14. The summed E-state index contributed by atoms with van der Waals surface area (Å²) in [5, 5.41) is 7.17. The molecule has 2 aromatic carbocycles. The molecule has 2 N–H and O–H groups in total. The van der Waals surface area contributed by atoms with Crippen LogP contribution >= 0.6 is 11.6 Å². The molecule has 0 aromatic heterocycles. The third-order valence-corrected chi connectivity index (χ3v) is 5.82. The van der Waals surface area contributed by atoms with E-state index in [1.807, 2.05) is 37.3 Å². The molecular weight excluding hydrogens is 410 g/mol. The third-order valence-electron chi connectivity index (χ3n) is 4.33. The molecule has 0 radical (unpaired) electrons. The molecule has 0 heterocycles. The van der Waals surface area contributed by atoms with E-state index >= 15 is 0 Å². The van der Waals surface area contributed by atoms with Gasteiger partial charge in [-0.2, -0.15) is 0 Å². The van der Waals surface area contributed by atoms with Crippen LogP contribution in [0.25, 0.3) is 0 Å². The van der Waals surface area contributed by atoms with E-state index in [1.54, 1.807) is 20.0 Å². The molecule has 0 aliphatic rings. The van der Waals surface area contributed by atoms with Crippen LogP contribution in [0.3, 0.4) is 0 Å². The molecule has 0 bridgehead atoms.